The van der Waals surface area contributed by atoms with E-state index in [0.717, 1.165) is 31.5 Å². The molecule has 0 amide bonds. The Balaban J connectivity index is 1.71. The van der Waals surface area contributed by atoms with Gasteiger partial charge >= 0.3 is 5.97 Å². The first kappa shape index (κ1) is 13.5. The lowest BCUT2D eigenvalue weighted by Crippen LogP contribution is -2.55. The van der Waals surface area contributed by atoms with E-state index in [9.17, 15) is 9.90 Å². The van der Waals surface area contributed by atoms with Gasteiger partial charge in [-0.15, -0.1) is 0 Å². The van der Waals surface area contributed by atoms with Gasteiger partial charge < -0.3 is 10.0 Å². The predicted octanol–water partition coefficient (Wildman–Crippen LogP) is 3.43. The quantitative estimate of drug-likeness (QED) is 0.893. The summed E-state index contributed by atoms with van der Waals surface area (Å²) in [5, 5.41) is 9.32. The van der Waals surface area contributed by atoms with Crippen molar-refractivity contribution in [3.8, 4) is 0 Å². The lowest BCUT2D eigenvalue weighted by atomic mass is 9.75. The lowest BCUT2D eigenvalue weighted by Gasteiger charge is -2.51. The molecular formula is C17H23NO2. The van der Waals surface area contributed by atoms with Crippen LogP contribution in [0.4, 0.5) is 5.69 Å². The maximum Gasteiger partial charge on any atom is 0.314 e. The number of carboxylic acids is 1. The summed E-state index contributed by atoms with van der Waals surface area (Å²) in [5.41, 5.74) is 2.11. The third-order valence-corrected chi connectivity index (χ3v) is 5.50. The zero-order chi connectivity index (χ0) is 14.4. The maximum atomic E-state index is 11.3. The van der Waals surface area contributed by atoms with Gasteiger partial charge in [0.2, 0.25) is 0 Å². The number of nitrogens with zero attached hydrogens (tertiary/aromatic N) is 1. The molecule has 1 heterocycles. The Morgan fingerprint density at radius 2 is 1.70 bits per heavy atom. The fraction of sp³-hybridized carbons (Fsp3) is 0.588. The number of carboxylic acid groups (broad SMARTS) is 1. The summed E-state index contributed by atoms with van der Waals surface area (Å²) < 4.78 is 0. The summed E-state index contributed by atoms with van der Waals surface area (Å²) in [7, 11) is 0. The van der Waals surface area contributed by atoms with Crippen LogP contribution in [-0.4, -0.2) is 24.2 Å². The van der Waals surface area contributed by atoms with Crippen molar-refractivity contribution in [3.05, 3.63) is 29.8 Å². The highest BCUT2D eigenvalue weighted by Crippen LogP contribution is 2.49. The zero-order valence-electron chi connectivity index (χ0n) is 12.4. The normalized spacial score (nSPS) is 22.2. The molecule has 108 valence electrons. The van der Waals surface area contributed by atoms with E-state index in [-0.39, 0.29) is 0 Å². The van der Waals surface area contributed by atoms with Gasteiger partial charge in [0, 0.05) is 24.2 Å². The van der Waals surface area contributed by atoms with Crippen LogP contribution in [0.1, 0.15) is 45.1 Å². The Hall–Kier alpha value is -1.51. The molecule has 0 bridgehead atoms. The number of hydrogen-bond donors (Lipinski definition) is 1. The van der Waals surface area contributed by atoms with E-state index in [0.29, 0.717) is 5.41 Å². The molecular weight excluding hydrogens is 250 g/mol. The van der Waals surface area contributed by atoms with Crippen LogP contribution in [0, 0.1) is 5.41 Å². The first-order valence-electron chi connectivity index (χ1n) is 7.64. The average molecular weight is 273 g/mol. The largest absolute Gasteiger partial charge is 0.481 e. The molecule has 0 spiro atoms. The molecule has 1 aliphatic heterocycles. The number of anilines is 1. The summed E-state index contributed by atoms with van der Waals surface area (Å²) in [6.07, 6.45) is 4.03. The predicted molar refractivity (Wildman–Crippen MR) is 80.2 cm³/mol. The van der Waals surface area contributed by atoms with Crippen LogP contribution in [-0.2, 0) is 10.2 Å². The molecule has 1 aromatic carbocycles. The molecule has 0 atom stereocenters. The number of hydrogen-bond acceptors (Lipinski definition) is 2. The second kappa shape index (κ2) is 4.51. The zero-order valence-corrected chi connectivity index (χ0v) is 12.4. The van der Waals surface area contributed by atoms with Crippen molar-refractivity contribution in [2.24, 2.45) is 5.41 Å². The Morgan fingerprint density at radius 1 is 1.15 bits per heavy atom. The van der Waals surface area contributed by atoms with E-state index in [1.165, 1.54) is 18.5 Å². The molecule has 1 saturated heterocycles. The lowest BCUT2D eigenvalue weighted by molar-refractivity contribution is -0.140. The number of rotatable bonds is 5. The molecule has 3 heteroatoms. The molecule has 3 nitrogen and oxygen atoms in total. The first-order chi connectivity index (χ1) is 9.55. The van der Waals surface area contributed by atoms with E-state index in [1.807, 2.05) is 12.1 Å². The van der Waals surface area contributed by atoms with Crippen molar-refractivity contribution in [1.82, 2.24) is 0 Å². The fourth-order valence-corrected chi connectivity index (χ4v) is 3.39. The van der Waals surface area contributed by atoms with Gasteiger partial charge in [-0.2, -0.15) is 0 Å². The summed E-state index contributed by atoms with van der Waals surface area (Å²) in [5.74, 6) is -0.676. The first-order valence-corrected chi connectivity index (χ1v) is 7.64. The molecule has 1 aliphatic carbocycles. The Morgan fingerprint density at radius 3 is 2.10 bits per heavy atom. The summed E-state index contributed by atoms with van der Waals surface area (Å²) in [4.78, 5) is 13.7. The minimum Gasteiger partial charge on any atom is -0.481 e. The van der Waals surface area contributed by atoms with Crippen molar-refractivity contribution in [1.29, 1.82) is 0 Å². The van der Waals surface area contributed by atoms with Gasteiger partial charge in [-0.25, -0.2) is 0 Å². The van der Waals surface area contributed by atoms with Gasteiger partial charge in [0.05, 0.1) is 5.41 Å². The van der Waals surface area contributed by atoms with Crippen molar-refractivity contribution in [2.75, 3.05) is 18.0 Å². The second-order valence-electron chi connectivity index (χ2n) is 6.50. The third kappa shape index (κ3) is 1.91. The van der Waals surface area contributed by atoms with Crippen molar-refractivity contribution in [3.63, 3.8) is 0 Å². The Kier molecular flexibility index (Phi) is 3.03. The standard InChI is InChI=1S/C17H23NO2/c1-3-16(4-2)11-18(12-16)14-7-5-13(6-8-14)17(9-10-17)15(19)20/h5-8H,3-4,9-12H2,1-2H3,(H,19,20). The summed E-state index contributed by atoms with van der Waals surface area (Å²) in [6.45, 7) is 6.80. The van der Waals surface area contributed by atoms with Gasteiger partial charge in [0.25, 0.3) is 0 Å². The van der Waals surface area contributed by atoms with Crippen LogP contribution in [0.2, 0.25) is 0 Å². The molecule has 1 saturated carbocycles. The van der Waals surface area contributed by atoms with E-state index < -0.39 is 11.4 Å². The van der Waals surface area contributed by atoms with Gasteiger partial charge in [0.1, 0.15) is 0 Å². The Labute approximate surface area is 120 Å². The van der Waals surface area contributed by atoms with Crippen molar-refractivity contribution in [2.45, 2.75) is 44.9 Å². The average Bonchev–Trinajstić information content (AvgIpc) is 3.21. The van der Waals surface area contributed by atoms with E-state index in [4.69, 9.17) is 0 Å². The van der Waals surface area contributed by atoms with E-state index >= 15 is 0 Å². The summed E-state index contributed by atoms with van der Waals surface area (Å²) >= 11 is 0. The third-order valence-electron chi connectivity index (χ3n) is 5.50. The van der Waals surface area contributed by atoms with Gasteiger partial charge in [-0.1, -0.05) is 26.0 Å². The van der Waals surface area contributed by atoms with Gasteiger partial charge in [-0.3, -0.25) is 4.79 Å². The molecule has 0 radical (unpaired) electrons. The highest BCUT2D eigenvalue weighted by Gasteiger charge is 2.51. The topological polar surface area (TPSA) is 40.5 Å². The van der Waals surface area contributed by atoms with E-state index in [2.05, 4.69) is 30.9 Å². The minimum atomic E-state index is -0.676. The van der Waals surface area contributed by atoms with Crippen LogP contribution >= 0.6 is 0 Å². The van der Waals surface area contributed by atoms with E-state index in [1.54, 1.807) is 0 Å². The van der Waals surface area contributed by atoms with Crippen LogP contribution < -0.4 is 4.90 Å². The molecule has 2 fully saturated rings. The SMILES string of the molecule is CCC1(CC)CN(c2ccc(C3(C(=O)O)CC3)cc2)C1. The minimum absolute atomic E-state index is 0.497. The smallest absolute Gasteiger partial charge is 0.314 e. The molecule has 0 unspecified atom stereocenters. The number of benzene rings is 1. The highest BCUT2D eigenvalue weighted by molar-refractivity contribution is 5.85. The number of aliphatic carboxylic acids is 1. The van der Waals surface area contributed by atoms with Crippen molar-refractivity contribution < 1.29 is 9.90 Å². The van der Waals surface area contributed by atoms with Crippen LogP contribution in [0.3, 0.4) is 0 Å². The Bertz CT molecular complexity index is 504. The molecule has 3 rings (SSSR count). The van der Waals surface area contributed by atoms with Gasteiger partial charge in [0.15, 0.2) is 0 Å². The van der Waals surface area contributed by atoms with Crippen LogP contribution in [0.15, 0.2) is 24.3 Å². The molecule has 1 aromatic rings. The second-order valence-corrected chi connectivity index (χ2v) is 6.50. The molecule has 20 heavy (non-hydrogen) atoms. The van der Waals surface area contributed by atoms with Crippen LogP contribution in [0.5, 0.6) is 0 Å². The fourth-order valence-electron chi connectivity index (χ4n) is 3.39. The maximum absolute atomic E-state index is 11.3. The molecule has 2 aliphatic rings. The van der Waals surface area contributed by atoms with Crippen molar-refractivity contribution >= 4 is 11.7 Å². The highest BCUT2D eigenvalue weighted by atomic mass is 16.4. The molecule has 1 N–H and O–H groups in total. The monoisotopic (exact) mass is 273 g/mol. The van der Waals surface area contributed by atoms with Crippen LogP contribution in [0.25, 0.3) is 0 Å². The number of carbonyl (C=O) groups is 1. The molecule has 0 aromatic heterocycles. The van der Waals surface area contributed by atoms with Gasteiger partial charge in [-0.05, 0) is 43.4 Å². The summed E-state index contributed by atoms with van der Waals surface area (Å²) in [6, 6.07) is 8.20.